The highest BCUT2D eigenvalue weighted by Gasteiger charge is 2.22. The maximum atomic E-state index is 12.6. The van der Waals surface area contributed by atoms with Gasteiger partial charge in [-0.3, -0.25) is 4.79 Å². The molecule has 120 valence electrons. The van der Waals surface area contributed by atoms with Gasteiger partial charge < -0.3 is 9.64 Å². The van der Waals surface area contributed by atoms with E-state index >= 15 is 0 Å². The van der Waals surface area contributed by atoms with Crippen molar-refractivity contribution in [2.24, 2.45) is 0 Å². The Kier molecular flexibility index (Phi) is 4.71. The van der Waals surface area contributed by atoms with Crippen LogP contribution in [0.1, 0.15) is 23.1 Å². The van der Waals surface area contributed by atoms with E-state index in [1.165, 1.54) is 5.56 Å². The maximum Gasteiger partial charge on any atom is 0.264 e. The lowest BCUT2D eigenvalue weighted by Gasteiger charge is -2.29. The number of aryl methyl sites for hydroxylation is 3. The zero-order chi connectivity index (χ0) is 16.4. The summed E-state index contributed by atoms with van der Waals surface area (Å²) in [6.45, 7) is 4.83. The first kappa shape index (κ1) is 16.1. The summed E-state index contributed by atoms with van der Waals surface area (Å²) in [5.41, 5.74) is 4.38. The first-order chi connectivity index (χ1) is 11.1. The second-order valence-corrected chi connectivity index (χ2v) is 6.79. The lowest BCUT2D eigenvalue weighted by molar-refractivity contribution is -0.120. The molecule has 0 N–H and O–H groups in total. The van der Waals surface area contributed by atoms with Crippen molar-refractivity contribution in [3.8, 4) is 5.75 Å². The van der Waals surface area contributed by atoms with Crippen molar-refractivity contribution in [1.82, 2.24) is 0 Å². The van der Waals surface area contributed by atoms with Crippen LogP contribution in [0.2, 0.25) is 0 Å². The Labute approximate surface area is 145 Å². The molecular formula is C19H20BrNO2. The number of ether oxygens (including phenoxy) is 1. The predicted octanol–water partition coefficient (Wildman–Crippen LogP) is 4.42. The van der Waals surface area contributed by atoms with Gasteiger partial charge in [0.25, 0.3) is 5.91 Å². The van der Waals surface area contributed by atoms with Crippen molar-refractivity contribution < 1.29 is 9.53 Å². The molecule has 1 aliphatic heterocycles. The molecule has 2 aromatic rings. The van der Waals surface area contributed by atoms with Crippen molar-refractivity contribution in [1.29, 1.82) is 0 Å². The second kappa shape index (κ2) is 6.75. The van der Waals surface area contributed by atoms with Gasteiger partial charge >= 0.3 is 0 Å². The highest BCUT2D eigenvalue weighted by atomic mass is 79.9. The van der Waals surface area contributed by atoms with Crippen LogP contribution in [0.15, 0.2) is 40.9 Å². The summed E-state index contributed by atoms with van der Waals surface area (Å²) in [7, 11) is 0. The van der Waals surface area contributed by atoms with Gasteiger partial charge in [-0.2, -0.15) is 0 Å². The van der Waals surface area contributed by atoms with E-state index in [1.807, 2.05) is 49.1 Å². The molecule has 0 unspecified atom stereocenters. The molecule has 0 fully saturated rings. The molecule has 0 saturated carbocycles. The Hall–Kier alpha value is -1.81. The Balaban J connectivity index is 1.73. The number of hydrogen-bond donors (Lipinski definition) is 0. The standard InChI is InChI=1S/C19H20BrNO2/c1-13-11-18(14(2)10-16(13)20)23-12-19(22)21-9-5-7-15-6-3-4-8-17(15)21/h3-4,6,8,10-11H,5,7,9,12H2,1-2H3. The van der Waals surface area contributed by atoms with Crippen LogP contribution in [0.5, 0.6) is 5.75 Å². The Morgan fingerprint density at radius 2 is 2.00 bits per heavy atom. The van der Waals surface area contributed by atoms with E-state index in [2.05, 4.69) is 22.0 Å². The van der Waals surface area contributed by atoms with E-state index < -0.39 is 0 Å². The molecule has 1 aliphatic rings. The number of nitrogens with zero attached hydrogens (tertiary/aromatic N) is 1. The van der Waals surface area contributed by atoms with E-state index in [0.717, 1.165) is 46.4 Å². The van der Waals surface area contributed by atoms with Crippen molar-refractivity contribution in [2.75, 3.05) is 18.1 Å². The molecule has 0 aromatic heterocycles. The fourth-order valence-electron chi connectivity index (χ4n) is 2.92. The van der Waals surface area contributed by atoms with Gasteiger partial charge in [0.15, 0.2) is 6.61 Å². The summed E-state index contributed by atoms with van der Waals surface area (Å²) in [6.07, 6.45) is 2.03. The van der Waals surface area contributed by atoms with Crippen LogP contribution in [0.3, 0.4) is 0 Å². The Bertz CT molecular complexity index is 742. The topological polar surface area (TPSA) is 29.5 Å². The number of halogens is 1. The third kappa shape index (κ3) is 3.42. The van der Waals surface area contributed by atoms with Crippen LogP contribution >= 0.6 is 15.9 Å². The van der Waals surface area contributed by atoms with E-state index in [-0.39, 0.29) is 12.5 Å². The highest BCUT2D eigenvalue weighted by Crippen LogP contribution is 2.28. The van der Waals surface area contributed by atoms with E-state index in [4.69, 9.17) is 4.74 Å². The molecule has 4 heteroatoms. The zero-order valence-corrected chi connectivity index (χ0v) is 15.0. The number of para-hydroxylation sites is 1. The van der Waals surface area contributed by atoms with Gasteiger partial charge in [0.05, 0.1) is 0 Å². The van der Waals surface area contributed by atoms with E-state index in [0.29, 0.717) is 0 Å². The number of carbonyl (C=O) groups excluding carboxylic acids is 1. The predicted molar refractivity (Wildman–Crippen MR) is 96.2 cm³/mol. The molecule has 0 bridgehead atoms. The smallest absolute Gasteiger partial charge is 0.264 e. The lowest BCUT2D eigenvalue weighted by Crippen LogP contribution is -2.38. The minimum absolute atomic E-state index is 0.0112. The van der Waals surface area contributed by atoms with Crippen LogP contribution < -0.4 is 9.64 Å². The fourth-order valence-corrected chi connectivity index (χ4v) is 3.38. The zero-order valence-electron chi connectivity index (χ0n) is 13.4. The molecule has 3 nitrogen and oxygen atoms in total. The summed E-state index contributed by atoms with van der Waals surface area (Å²) in [4.78, 5) is 14.4. The third-order valence-electron chi connectivity index (χ3n) is 4.22. The number of benzene rings is 2. The average Bonchev–Trinajstić information content (AvgIpc) is 2.56. The molecule has 0 atom stereocenters. The van der Waals surface area contributed by atoms with Crippen molar-refractivity contribution in [3.63, 3.8) is 0 Å². The molecule has 0 spiro atoms. The minimum Gasteiger partial charge on any atom is -0.483 e. The number of carbonyl (C=O) groups is 1. The molecule has 2 aromatic carbocycles. The van der Waals surface area contributed by atoms with Crippen LogP contribution in [0.25, 0.3) is 0 Å². The maximum absolute atomic E-state index is 12.6. The average molecular weight is 374 g/mol. The molecule has 0 saturated heterocycles. The van der Waals surface area contributed by atoms with Crippen molar-refractivity contribution in [3.05, 3.63) is 57.6 Å². The molecule has 0 aliphatic carbocycles. The third-order valence-corrected chi connectivity index (χ3v) is 5.07. The van der Waals surface area contributed by atoms with E-state index in [9.17, 15) is 4.79 Å². The van der Waals surface area contributed by atoms with Crippen molar-refractivity contribution >= 4 is 27.5 Å². The summed E-state index contributed by atoms with van der Waals surface area (Å²) < 4.78 is 6.84. The molecule has 23 heavy (non-hydrogen) atoms. The lowest BCUT2D eigenvalue weighted by atomic mass is 10.0. The summed E-state index contributed by atoms with van der Waals surface area (Å²) >= 11 is 3.51. The van der Waals surface area contributed by atoms with Gasteiger partial charge in [-0.15, -0.1) is 0 Å². The largest absolute Gasteiger partial charge is 0.483 e. The van der Waals surface area contributed by atoms with Crippen LogP contribution in [0, 0.1) is 13.8 Å². The normalized spacial score (nSPS) is 13.6. The van der Waals surface area contributed by atoms with Gasteiger partial charge in [0, 0.05) is 16.7 Å². The molecule has 0 radical (unpaired) electrons. The fraction of sp³-hybridized carbons (Fsp3) is 0.316. The summed E-state index contributed by atoms with van der Waals surface area (Å²) in [5, 5.41) is 0. The SMILES string of the molecule is Cc1cc(OCC(=O)N2CCCc3ccccc32)c(C)cc1Br. The molecule has 1 heterocycles. The van der Waals surface area contributed by atoms with Crippen LogP contribution in [-0.2, 0) is 11.2 Å². The number of hydrogen-bond acceptors (Lipinski definition) is 2. The van der Waals surface area contributed by atoms with Crippen molar-refractivity contribution in [2.45, 2.75) is 26.7 Å². The van der Waals surface area contributed by atoms with E-state index in [1.54, 1.807) is 0 Å². The molecular weight excluding hydrogens is 354 g/mol. The Morgan fingerprint density at radius 1 is 1.22 bits per heavy atom. The van der Waals surface area contributed by atoms with Crippen LogP contribution in [0.4, 0.5) is 5.69 Å². The van der Waals surface area contributed by atoms with Gasteiger partial charge in [0.1, 0.15) is 5.75 Å². The summed E-state index contributed by atoms with van der Waals surface area (Å²) in [5.74, 6) is 0.779. The number of amides is 1. The first-order valence-electron chi connectivity index (χ1n) is 7.84. The number of rotatable bonds is 3. The molecule has 1 amide bonds. The molecule has 3 rings (SSSR count). The Morgan fingerprint density at radius 3 is 2.83 bits per heavy atom. The minimum atomic E-state index is 0.0112. The monoisotopic (exact) mass is 373 g/mol. The van der Waals surface area contributed by atoms with Gasteiger partial charge in [-0.25, -0.2) is 0 Å². The van der Waals surface area contributed by atoms with Crippen LogP contribution in [-0.4, -0.2) is 19.1 Å². The highest BCUT2D eigenvalue weighted by molar-refractivity contribution is 9.10. The number of fused-ring (bicyclic) bond motifs is 1. The first-order valence-corrected chi connectivity index (χ1v) is 8.63. The second-order valence-electron chi connectivity index (χ2n) is 5.93. The van der Waals surface area contributed by atoms with Gasteiger partial charge in [-0.05, 0) is 61.6 Å². The van der Waals surface area contributed by atoms with Gasteiger partial charge in [-0.1, -0.05) is 34.1 Å². The quantitative estimate of drug-likeness (QED) is 0.796. The number of anilines is 1. The van der Waals surface area contributed by atoms with Gasteiger partial charge in [0.2, 0.25) is 0 Å². The summed E-state index contributed by atoms with van der Waals surface area (Å²) in [6, 6.07) is 12.1.